The molecule has 1 heteroatoms. The van der Waals surface area contributed by atoms with Crippen molar-refractivity contribution in [3.8, 4) is 0 Å². The van der Waals surface area contributed by atoms with Crippen molar-refractivity contribution in [1.29, 1.82) is 0 Å². The molecule has 0 atom stereocenters. The Balaban J connectivity index is 1.86. The standard InChI is InChI=1S/C12H23N/c1-3-11-8-12(9-11)6-5-7-13(4-2)10-12/h11H,3-10H2,1-2H3. The Kier molecular flexibility index (Phi) is 2.64. The first-order chi connectivity index (χ1) is 6.28. The Labute approximate surface area is 82.5 Å². The van der Waals surface area contributed by atoms with Crippen molar-refractivity contribution < 1.29 is 0 Å². The van der Waals surface area contributed by atoms with E-state index in [1.165, 1.54) is 51.7 Å². The van der Waals surface area contributed by atoms with Crippen LogP contribution < -0.4 is 0 Å². The summed E-state index contributed by atoms with van der Waals surface area (Å²) in [5, 5.41) is 0. The maximum atomic E-state index is 2.65. The minimum atomic E-state index is 0.773. The second-order valence-electron chi connectivity index (χ2n) is 5.15. The third-order valence-electron chi connectivity index (χ3n) is 4.21. The van der Waals surface area contributed by atoms with E-state index in [1.807, 2.05) is 0 Å². The quantitative estimate of drug-likeness (QED) is 0.633. The van der Waals surface area contributed by atoms with Crippen molar-refractivity contribution in [2.75, 3.05) is 19.6 Å². The Morgan fingerprint density at radius 1 is 1.31 bits per heavy atom. The molecule has 0 aromatic rings. The average molecular weight is 181 g/mol. The van der Waals surface area contributed by atoms with E-state index < -0.39 is 0 Å². The second kappa shape index (κ2) is 3.61. The molecule has 13 heavy (non-hydrogen) atoms. The van der Waals surface area contributed by atoms with Crippen LogP contribution in [-0.4, -0.2) is 24.5 Å². The van der Waals surface area contributed by atoms with Gasteiger partial charge >= 0.3 is 0 Å². The van der Waals surface area contributed by atoms with Crippen molar-refractivity contribution in [2.24, 2.45) is 11.3 Å². The monoisotopic (exact) mass is 181 g/mol. The van der Waals surface area contributed by atoms with E-state index in [0.717, 1.165) is 11.3 Å². The molecule has 1 heterocycles. The molecule has 2 fully saturated rings. The summed E-state index contributed by atoms with van der Waals surface area (Å²) >= 11 is 0. The molecule has 1 nitrogen and oxygen atoms in total. The van der Waals surface area contributed by atoms with Gasteiger partial charge in [0.05, 0.1) is 0 Å². The highest BCUT2D eigenvalue weighted by molar-refractivity contribution is 4.97. The van der Waals surface area contributed by atoms with Gasteiger partial charge in [-0.2, -0.15) is 0 Å². The summed E-state index contributed by atoms with van der Waals surface area (Å²) < 4.78 is 0. The number of hydrogen-bond acceptors (Lipinski definition) is 1. The van der Waals surface area contributed by atoms with Crippen LogP contribution in [0.3, 0.4) is 0 Å². The van der Waals surface area contributed by atoms with Crippen molar-refractivity contribution in [2.45, 2.75) is 46.0 Å². The van der Waals surface area contributed by atoms with Crippen molar-refractivity contribution in [3.05, 3.63) is 0 Å². The van der Waals surface area contributed by atoms with Crippen LogP contribution in [0.2, 0.25) is 0 Å². The predicted molar refractivity (Wildman–Crippen MR) is 56.8 cm³/mol. The lowest BCUT2D eigenvalue weighted by Gasteiger charge is -2.53. The molecule has 0 unspecified atom stereocenters. The molecule has 0 aromatic heterocycles. The first kappa shape index (κ1) is 9.51. The molecule has 76 valence electrons. The zero-order chi connectivity index (χ0) is 9.31. The largest absolute Gasteiger partial charge is 0.303 e. The van der Waals surface area contributed by atoms with Crippen molar-refractivity contribution in [1.82, 2.24) is 4.90 Å². The first-order valence-corrected chi connectivity index (χ1v) is 6.00. The molecule has 0 radical (unpaired) electrons. The van der Waals surface area contributed by atoms with Gasteiger partial charge in [0.1, 0.15) is 0 Å². The summed E-state index contributed by atoms with van der Waals surface area (Å²) in [5.74, 6) is 1.07. The van der Waals surface area contributed by atoms with Crippen LogP contribution in [0.25, 0.3) is 0 Å². The Morgan fingerprint density at radius 2 is 2.08 bits per heavy atom. The van der Waals surface area contributed by atoms with E-state index in [0.29, 0.717) is 0 Å². The molecule has 1 saturated heterocycles. The van der Waals surface area contributed by atoms with Crippen LogP contribution in [0, 0.1) is 11.3 Å². The zero-order valence-corrected chi connectivity index (χ0v) is 9.18. The Hall–Kier alpha value is -0.0400. The summed E-state index contributed by atoms with van der Waals surface area (Å²) in [6.45, 7) is 8.67. The van der Waals surface area contributed by atoms with Crippen LogP contribution in [0.5, 0.6) is 0 Å². The fourth-order valence-electron chi connectivity index (χ4n) is 3.37. The lowest BCUT2D eigenvalue weighted by Crippen LogP contribution is -2.50. The SMILES string of the molecule is CCC1CC2(CCCN(CC)C2)C1. The smallest absolute Gasteiger partial charge is 0.00381 e. The van der Waals surface area contributed by atoms with Gasteiger partial charge in [0.15, 0.2) is 0 Å². The third-order valence-corrected chi connectivity index (χ3v) is 4.21. The van der Waals surface area contributed by atoms with Gasteiger partial charge in [-0.05, 0) is 50.1 Å². The van der Waals surface area contributed by atoms with Gasteiger partial charge in [-0.1, -0.05) is 20.3 Å². The lowest BCUT2D eigenvalue weighted by atomic mass is 9.58. The maximum absolute atomic E-state index is 2.65. The fraction of sp³-hybridized carbons (Fsp3) is 1.00. The van der Waals surface area contributed by atoms with Gasteiger partial charge in [-0.25, -0.2) is 0 Å². The molecule has 0 bridgehead atoms. The van der Waals surface area contributed by atoms with Crippen molar-refractivity contribution in [3.63, 3.8) is 0 Å². The molecular formula is C12H23N. The molecule has 0 amide bonds. The summed E-state index contributed by atoms with van der Waals surface area (Å²) in [6, 6.07) is 0. The minimum Gasteiger partial charge on any atom is -0.303 e. The van der Waals surface area contributed by atoms with Gasteiger partial charge < -0.3 is 4.90 Å². The molecule has 2 rings (SSSR count). The molecule has 0 aromatic carbocycles. The van der Waals surface area contributed by atoms with Gasteiger partial charge in [-0.3, -0.25) is 0 Å². The molecule has 1 saturated carbocycles. The van der Waals surface area contributed by atoms with Crippen LogP contribution >= 0.6 is 0 Å². The average Bonchev–Trinajstić information content (AvgIpc) is 2.14. The van der Waals surface area contributed by atoms with E-state index in [2.05, 4.69) is 18.7 Å². The van der Waals surface area contributed by atoms with E-state index in [9.17, 15) is 0 Å². The zero-order valence-electron chi connectivity index (χ0n) is 9.18. The maximum Gasteiger partial charge on any atom is 0.00381 e. The highest BCUT2D eigenvalue weighted by Crippen LogP contribution is 2.52. The van der Waals surface area contributed by atoms with Crippen molar-refractivity contribution >= 4 is 0 Å². The van der Waals surface area contributed by atoms with Gasteiger partial charge in [0.2, 0.25) is 0 Å². The number of likely N-dealkylation sites (tertiary alicyclic amines) is 1. The lowest BCUT2D eigenvalue weighted by molar-refractivity contribution is -0.0227. The molecule has 2 aliphatic rings. The van der Waals surface area contributed by atoms with Crippen LogP contribution in [0.1, 0.15) is 46.0 Å². The van der Waals surface area contributed by atoms with E-state index in [1.54, 1.807) is 0 Å². The highest BCUT2D eigenvalue weighted by atomic mass is 15.1. The topological polar surface area (TPSA) is 3.24 Å². The van der Waals surface area contributed by atoms with E-state index >= 15 is 0 Å². The summed E-state index contributed by atoms with van der Waals surface area (Å²) in [6.07, 6.45) is 7.43. The van der Waals surface area contributed by atoms with Crippen LogP contribution in [0.15, 0.2) is 0 Å². The Bertz CT molecular complexity index is 170. The number of nitrogens with zero attached hydrogens (tertiary/aromatic N) is 1. The van der Waals surface area contributed by atoms with Gasteiger partial charge in [-0.15, -0.1) is 0 Å². The molecule has 0 N–H and O–H groups in total. The molecule has 1 spiro atoms. The van der Waals surface area contributed by atoms with Crippen LogP contribution in [-0.2, 0) is 0 Å². The minimum absolute atomic E-state index is 0.773. The van der Waals surface area contributed by atoms with E-state index in [-0.39, 0.29) is 0 Å². The number of piperidine rings is 1. The van der Waals surface area contributed by atoms with Gasteiger partial charge in [0, 0.05) is 6.54 Å². The Morgan fingerprint density at radius 3 is 2.69 bits per heavy atom. The predicted octanol–water partition coefficient (Wildman–Crippen LogP) is 2.91. The molecule has 1 aliphatic heterocycles. The van der Waals surface area contributed by atoms with Crippen LogP contribution in [0.4, 0.5) is 0 Å². The number of rotatable bonds is 2. The summed E-state index contributed by atoms with van der Waals surface area (Å²) in [7, 11) is 0. The normalized spacial score (nSPS) is 40.6. The molecular weight excluding hydrogens is 158 g/mol. The van der Waals surface area contributed by atoms with E-state index in [4.69, 9.17) is 0 Å². The molecule has 1 aliphatic carbocycles. The highest BCUT2D eigenvalue weighted by Gasteiger charge is 2.44. The second-order valence-corrected chi connectivity index (χ2v) is 5.15. The fourth-order valence-corrected chi connectivity index (χ4v) is 3.37. The number of hydrogen-bond donors (Lipinski definition) is 0. The third kappa shape index (κ3) is 1.76. The summed E-state index contributed by atoms with van der Waals surface area (Å²) in [5.41, 5.74) is 0.773. The summed E-state index contributed by atoms with van der Waals surface area (Å²) in [4.78, 5) is 2.65. The van der Waals surface area contributed by atoms with Gasteiger partial charge in [0.25, 0.3) is 0 Å². The first-order valence-electron chi connectivity index (χ1n) is 6.00.